The summed E-state index contributed by atoms with van der Waals surface area (Å²) in [6.07, 6.45) is 2.63. The summed E-state index contributed by atoms with van der Waals surface area (Å²) in [5.74, 6) is 1.02. The quantitative estimate of drug-likeness (QED) is 0.889. The minimum Gasteiger partial charge on any atom is -0.469 e. The Morgan fingerprint density at radius 3 is 2.61 bits per heavy atom. The Labute approximate surface area is 117 Å². The van der Waals surface area contributed by atoms with Gasteiger partial charge in [-0.25, -0.2) is 0 Å². The van der Waals surface area contributed by atoms with Crippen molar-refractivity contribution in [1.29, 1.82) is 0 Å². The fourth-order valence-corrected chi connectivity index (χ4v) is 2.76. The molecule has 2 atom stereocenters. The molecular formula is C15H18BrNO. The van der Waals surface area contributed by atoms with Crippen LogP contribution < -0.4 is 5.32 Å². The number of nitrogens with one attached hydrogen (secondary N) is 1. The molecule has 0 aliphatic rings. The fraction of sp³-hybridized carbons (Fsp3) is 0.333. The highest BCUT2D eigenvalue weighted by molar-refractivity contribution is 9.10. The van der Waals surface area contributed by atoms with Crippen LogP contribution in [0.15, 0.2) is 51.6 Å². The maximum Gasteiger partial charge on any atom is 0.105 e. The Hall–Kier alpha value is -1.06. The van der Waals surface area contributed by atoms with E-state index in [2.05, 4.69) is 53.3 Å². The Morgan fingerprint density at radius 1 is 1.17 bits per heavy atom. The lowest BCUT2D eigenvalue weighted by atomic mass is 10.1. The van der Waals surface area contributed by atoms with Crippen molar-refractivity contribution in [3.63, 3.8) is 0 Å². The fourth-order valence-electron chi connectivity index (χ4n) is 2.13. The van der Waals surface area contributed by atoms with Gasteiger partial charge in [-0.05, 0) is 37.6 Å². The normalized spacial score (nSPS) is 14.4. The highest BCUT2D eigenvalue weighted by atomic mass is 79.9. The van der Waals surface area contributed by atoms with Crippen LogP contribution in [0.1, 0.15) is 31.2 Å². The van der Waals surface area contributed by atoms with Crippen molar-refractivity contribution in [3.8, 4) is 0 Å². The van der Waals surface area contributed by atoms with Gasteiger partial charge in [0.05, 0.1) is 6.26 Å². The molecule has 0 saturated carbocycles. The molecule has 2 nitrogen and oxygen atoms in total. The maximum absolute atomic E-state index is 5.37. The molecule has 1 N–H and O–H groups in total. The van der Waals surface area contributed by atoms with E-state index >= 15 is 0 Å². The molecule has 2 rings (SSSR count). The van der Waals surface area contributed by atoms with E-state index < -0.39 is 0 Å². The standard InChI is InChI=1S/C15H18BrNO/c1-11(10-13-6-5-9-18-13)17-12(2)14-7-3-4-8-15(14)16/h3-9,11-12,17H,10H2,1-2H3/t11?,12-/m1/s1. The lowest BCUT2D eigenvalue weighted by molar-refractivity contribution is 0.428. The van der Waals surface area contributed by atoms with E-state index in [1.54, 1.807) is 6.26 Å². The van der Waals surface area contributed by atoms with Gasteiger partial charge in [0.15, 0.2) is 0 Å². The number of benzene rings is 1. The molecule has 0 bridgehead atoms. The number of hydrogen-bond acceptors (Lipinski definition) is 2. The molecule has 0 fully saturated rings. The summed E-state index contributed by atoms with van der Waals surface area (Å²) in [6.45, 7) is 4.36. The molecule has 0 aliphatic carbocycles. The van der Waals surface area contributed by atoms with Gasteiger partial charge >= 0.3 is 0 Å². The Morgan fingerprint density at radius 2 is 1.94 bits per heavy atom. The Kier molecular flexibility index (Phi) is 4.61. The smallest absolute Gasteiger partial charge is 0.105 e. The van der Waals surface area contributed by atoms with E-state index in [4.69, 9.17) is 4.42 Å². The van der Waals surface area contributed by atoms with Crippen LogP contribution in [0.2, 0.25) is 0 Å². The molecule has 1 unspecified atom stereocenters. The zero-order valence-corrected chi connectivity index (χ0v) is 12.3. The minimum atomic E-state index is 0.311. The molecule has 18 heavy (non-hydrogen) atoms. The van der Waals surface area contributed by atoms with Gasteiger partial charge in [-0.1, -0.05) is 34.1 Å². The zero-order valence-electron chi connectivity index (χ0n) is 10.7. The molecule has 0 saturated heterocycles. The molecule has 0 aliphatic heterocycles. The molecule has 3 heteroatoms. The van der Waals surface area contributed by atoms with Crippen LogP contribution in [0.25, 0.3) is 0 Å². The maximum atomic E-state index is 5.37. The van der Waals surface area contributed by atoms with E-state index in [1.165, 1.54) is 5.56 Å². The van der Waals surface area contributed by atoms with Crippen LogP contribution >= 0.6 is 15.9 Å². The first-order valence-electron chi connectivity index (χ1n) is 6.19. The van der Waals surface area contributed by atoms with E-state index in [9.17, 15) is 0 Å². The third-order valence-electron chi connectivity index (χ3n) is 2.99. The highest BCUT2D eigenvalue weighted by Gasteiger charge is 2.12. The lowest BCUT2D eigenvalue weighted by Crippen LogP contribution is -2.30. The van der Waals surface area contributed by atoms with Crippen LogP contribution in [0.5, 0.6) is 0 Å². The summed E-state index contributed by atoms with van der Waals surface area (Å²) in [5.41, 5.74) is 1.28. The Balaban J connectivity index is 1.95. The van der Waals surface area contributed by atoms with Gasteiger partial charge in [-0.3, -0.25) is 0 Å². The summed E-state index contributed by atoms with van der Waals surface area (Å²) in [5, 5.41) is 3.59. The van der Waals surface area contributed by atoms with Gasteiger partial charge < -0.3 is 9.73 Å². The van der Waals surface area contributed by atoms with Gasteiger partial charge in [0.2, 0.25) is 0 Å². The first-order valence-corrected chi connectivity index (χ1v) is 6.99. The van der Waals surface area contributed by atoms with Crippen molar-refractivity contribution < 1.29 is 4.42 Å². The van der Waals surface area contributed by atoms with Gasteiger partial charge in [0, 0.05) is 23.0 Å². The molecule has 1 aromatic heterocycles. The van der Waals surface area contributed by atoms with Crippen LogP contribution in [-0.4, -0.2) is 6.04 Å². The van der Waals surface area contributed by atoms with Crippen molar-refractivity contribution in [2.24, 2.45) is 0 Å². The molecule has 0 spiro atoms. The van der Waals surface area contributed by atoms with Crippen LogP contribution in [0.4, 0.5) is 0 Å². The van der Waals surface area contributed by atoms with Crippen molar-refractivity contribution in [2.75, 3.05) is 0 Å². The average Bonchev–Trinajstić information content (AvgIpc) is 2.82. The van der Waals surface area contributed by atoms with E-state index in [1.807, 2.05) is 18.2 Å². The SMILES string of the molecule is CC(Cc1ccco1)N[C@H](C)c1ccccc1Br. The van der Waals surface area contributed by atoms with Crippen LogP contribution in [-0.2, 0) is 6.42 Å². The highest BCUT2D eigenvalue weighted by Crippen LogP contribution is 2.23. The average molecular weight is 308 g/mol. The van der Waals surface area contributed by atoms with Crippen LogP contribution in [0.3, 0.4) is 0 Å². The number of furan rings is 1. The topological polar surface area (TPSA) is 25.2 Å². The van der Waals surface area contributed by atoms with Gasteiger partial charge in [-0.2, -0.15) is 0 Å². The van der Waals surface area contributed by atoms with Gasteiger partial charge in [-0.15, -0.1) is 0 Å². The van der Waals surface area contributed by atoms with Crippen molar-refractivity contribution in [3.05, 3.63) is 58.5 Å². The third kappa shape index (κ3) is 3.47. The molecule has 1 heterocycles. The van der Waals surface area contributed by atoms with Crippen LogP contribution in [0, 0.1) is 0 Å². The third-order valence-corrected chi connectivity index (χ3v) is 3.72. The second-order valence-electron chi connectivity index (χ2n) is 4.59. The predicted molar refractivity (Wildman–Crippen MR) is 77.6 cm³/mol. The Bertz CT molecular complexity index is 481. The second kappa shape index (κ2) is 6.21. The zero-order chi connectivity index (χ0) is 13.0. The van der Waals surface area contributed by atoms with Gasteiger partial charge in [0.1, 0.15) is 5.76 Å². The molecule has 96 valence electrons. The summed E-state index contributed by atoms with van der Waals surface area (Å²) in [7, 11) is 0. The van der Waals surface area contributed by atoms with Gasteiger partial charge in [0.25, 0.3) is 0 Å². The van der Waals surface area contributed by atoms with Crippen molar-refractivity contribution in [2.45, 2.75) is 32.4 Å². The second-order valence-corrected chi connectivity index (χ2v) is 5.45. The molecular weight excluding hydrogens is 290 g/mol. The largest absolute Gasteiger partial charge is 0.469 e. The molecule has 2 aromatic rings. The van der Waals surface area contributed by atoms with E-state index in [0.717, 1.165) is 16.7 Å². The number of hydrogen-bond donors (Lipinski definition) is 1. The molecule has 0 amide bonds. The molecule has 0 radical (unpaired) electrons. The van der Waals surface area contributed by atoms with E-state index in [0.29, 0.717) is 12.1 Å². The summed E-state index contributed by atoms with van der Waals surface area (Å²) >= 11 is 3.59. The molecule has 1 aromatic carbocycles. The predicted octanol–water partition coefficient (Wildman–Crippen LogP) is 4.32. The first-order chi connectivity index (χ1) is 8.66. The van der Waals surface area contributed by atoms with E-state index in [-0.39, 0.29) is 0 Å². The first kappa shape index (κ1) is 13.4. The lowest BCUT2D eigenvalue weighted by Gasteiger charge is -2.20. The number of rotatable bonds is 5. The van der Waals surface area contributed by atoms with Crippen molar-refractivity contribution >= 4 is 15.9 Å². The summed E-state index contributed by atoms with van der Waals surface area (Å²) < 4.78 is 6.51. The summed E-state index contributed by atoms with van der Waals surface area (Å²) in [4.78, 5) is 0. The number of halogens is 1. The summed E-state index contributed by atoms with van der Waals surface area (Å²) in [6, 6.07) is 12.9. The minimum absolute atomic E-state index is 0.311. The van der Waals surface area contributed by atoms with Crippen molar-refractivity contribution in [1.82, 2.24) is 5.32 Å². The monoisotopic (exact) mass is 307 g/mol.